The van der Waals surface area contributed by atoms with Crippen molar-refractivity contribution < 1.29 is 4.79 Å². The third-order valence-electron chi connectivity index (χ3n) is 1.87. The Labute approximate surface area is 96.2 Å². The highest BCUT2D eigenvalue weighted by Crippen LogP contribution is 2.01. The average molecular weight is 273 g/mol. The molecular weight excluding hydrogens is 260 g/mol. The Morgan fingerprint density at radius 2 is 2.33 bits per heavy atom. The Hall–Kier alpha value is -1.10. The van der Waals surface area contributed by atoms with Gasteiger partial charge in [0.25, 0.3) is 5.91 Å². The van der Waals surface area contributed by atoms with E-state index in [0.29, 0.717) is 16.9 Å². The van der Waals surface area contributed by atoms with Crippen molar-refractivity contribution >= 4 is 21.8 Å². The van der Waals surface area contributed by atoms with Gasteiger partial charge in [-0.2, -0.15) is 0 Å². The van der Waals surface area contributed by atoms with Crippen LogP contribution in [0.4, 0.5) is 0 Å². The number of rotatable bonds is 4. The molecule has 1 aromatic rings. The number of nitrogens with one attached hydrogen (secondary N) is 2. The van der Waals surface area contributed by atoms with E-state index >= 15 is 0 Å². The van der Waals surface area contributed by atoms with Gasteiger partial charge in [0.15, 0.2) is 0 Å². The zero-order chi connectivity index (χ0) is 11.3. The van der Waals surface area contributed by atoms with Crippen LogP contribution in [0, 0.1) is 0 Å². The third-order valence-corrected chi connectivity index (χ3v) is 2.33. The number of hydrogen-bond acceptors (Lipinski definition) is 2. The lowest BCUT2D eigenvalue weighted by atomic mass is 10.2. The summed E-state index contributed by atoms with van der Waals surface area (Å²) in [6.07, 6.45) is 2.28. The van der Waals surface area contributed by atoms with Crippen molar-refractivity contribution in [2.75, 3.05) is 6.54 Å². The number of halogens is 1. The number of hydrogen-bond donors (Lipinski definition) is 2. The summed E-state index contributed by atoms with van der Waals surface area (Å²) < 4.78 is 0. The molecule has 0 bridgehead atoms. The number of H-pyrrole nitrogens is 1. The minimum absolute atomic E-state index is 0.167. The quantitative estimate of drug-likeness (QED) is 0.812. The van der Waals surface area contributed by atoms with Crippen LogP contribution in [0.15, 0.2) is 23.1 Å². The highest BCUT2D eigenvalue weighted by atomic mass is 79.9. The van der Waals surface area contributed by atoms with Gasteiger partial charge in [-0.05, 0) is 12.5 Å². The largest absolute Gasteiger partial charge is 0.352 e. The second kappa shape index (κ2) is 5.70. The maximum atomic E-state index is 11.5. The number of aromatic amines is 1. The summed E-state index contributed by atoms with van der Waals surface area (Å²) in [7, 11) is 0. The molecule has 1 atom stereocenters. The number of alkyl halides is 1. The first-order valence-corrected chi connectivity index (χ1v) is 5.62. The summed E-state index contributed by atoms with van der Waals surface area (Å²) in [6, 6.07) is 2.84. The lowest BCUT2D eigenvalue weighted by Crippen LogP contribution is -2.26. The minimum Gasteiger partial charge on any atom is -0.352 e. The summed E-state index contributed by atoms with van der Waals surface area (Å²) in [4.78, 5) is 25.1. The van der Waals surface area contributed by atoms with Crippen LogP contribution in [0.3, 0.4) is 0 Å². The molecule has 15 heavy (non-hydrogen) atoms. The zero-order valence-electron chi connectivity index (χ0n) is 8.42. The predicted molar refractivity (Wildman–Crippen MR) is 62.4 cm³/mol. The van der Waals surface area contributed by atoms with Crippen LogP contribution in [-0.4, -0.2) is 22.3 Å². The van der Waals surface area contributed by atoms with E-state index in [0.717, 1.165) is 6.42 Å². The Bertz CT molecular complexity index is 367. The lowest BCUT2D eigenvalue weighted by molar-refractivity contribution is 0.0953. The Morgan fingerprint density at radius 1 is 1.60 bits per heavy atom. The molecule has 0 aliphatic heterocycles. The molecule has 0 spiro atoms. The molecule has 0 fully saturated rings. The van der Waals surface area contributed by atoms with Gasteiger partial charge in [0.05, 0.1) is 5.56 Å². The van der Waals surface area contributed by atoms with Crippen LogP contribution >= 0.6 is 15.9 Å². The van der Waals surface area contributed by atoms with E-state index in [2.05, 4.69) is 26.2 Å². The minimum atomic E-state index is -0.208. The second-order valence-corrected chi connectivity index (χ2v) is 4.83. The number of pyridine rings is 1. The molecular formula is C10H13BrN2O2. The molecule has 0 saturated heterocycles. The number of carbonyl (C=O) groups is 1. The van der Waals surface area contributed by atoms with Crippen molar-refractivity contribution in [3.63, 3.8) is 0 Å². The fourth-order valence-electron chi connectivity index (χ4n) is 1.04. The molecule has 0 aliphatic carbocycles. The van der Waals surface area contributed by atoms with Gasteiger partial charge in [0.2, 0.25) is 5.56 Å². The van der Waals surface area contributed by atoms with Gasteiger partial charge in [0.1, 0.15) is 0 Å². The second-order valence-electron chi connectivity index (χ2n) is 3.27. The molecule has 82 valence electrons. The van der Waals surface area contributed by atoms with Gasteiger partial charge in [-0.25, -0.2) is 0 Å². The molecule has 1 heterocycles. The van der Waals surface area contributed by atoms with Crippen LogP contribution in [0.2, 0.25) is 0 Å². The van der Waals surface area contributed by atoms with Crippen LogP contribution in [-0.2, 0) is 0 Å². The maximum absolute atomic E-state index is 11.5. The molecule has 5 heteroatoms. The highest BCUT2D eigenvalue weighted by Gasteiger charge is 2.04. The van der Waals surface area contributed by atoms with Crippen molar-refractivity contribution in [1.29, 1.82) is 0 Å². The lowest BCUT2D eigenvalue weighted by Gasteiger charge is -2.05. The molecule has 4 nitrogen and oxygen atoms in total. The fraction of sp³-hybridized carbons (Fsp3) is 0.400. The van der Waals surface area contributed by atoms with Gasteiger partial charge in [-0.15, -0.1) is 0 Å². The predicted octanol–water partition coefficient (Wildman–Crippen LogP) is 1.28. The molecule has 0 aromatic carbocycles. The van der Waals surface area contributed by atoms with Crippen molar-refractivity contribution in [1.82, 2.24) is 10.3 Å². The molecule has 1 amide bonds. The maximum Gasteiger partial charge on any atom is 0.252 e. The number of aromatic nitrogens is 1. The van der Waals surface area contributed by atoms with Crippen LogP contribution in [0.25, 0.3) is 0 Å². The van der Waals surface area contributed by atoms with Crippen molar-refractivity contribution in [3.05, 3.63) is 34.2 Å². The van der Waals surface area contributed by atoms with E-state index in [1.54, 1.807) is 0 Å². The fourth-order valence-corrected chi connectivity index (χ4v) is 1.27. The van der Waals surface area contributed by atoms with E-state index in [1.807, 2.05) is 6.92 Å². The number of carbonyl (C=O) groups excluding carboxylic acids is 1. The van der Waals surface area contributed by atoms with E-state index in [4.69, 9.17) is 0 Å². The molecule has 0 aliphatic rings. The van der Waals surface area contributed by atoms with Crippen LogP contribution < -0.4 is 10.9 Å². The Morgan fingerprint density at radius 3 is 2.87 bits per heavy atom. The summed E-state index contributed by atoms with van der Waals surface area (Å²) in [5, 5.41) is 2.76. The van der Waals surface area contributed by atoms with Crippen molar-refractivity contribution in [2.24, 2.45) is 0 Å². The van der Waals surface area contributed by atoms with Crippen LogP contribution in [0.1, 0.15) is 23.7 Å². The molecule has 0 radical (unpaired) electrons. The zero-order valence-corrected chi connectivity index (χ0v) is 10.0. The summed E-state index contributed by atoms with van der Waals surface area (Å²) in [5.41, 5.74) is 0.262. The van der Waals surface area contributed by atoms with E-state index in [1.165, 1.54) is 18.3 Å². The van der Waals surface area contributed by atoms with Gasteiger partial charge in [0, 0.05) is 23.6 Å². The molecule has 1 rings (SSSR count). The van der Waals surface area contributed by atoms with Gasteiger partial charge < -0.3 is 10.3 Å². The molecule has 1 unspecified atom stereocenters. The van der Waals surface area contributed by atoms with Gasteiger partial charge in [-0.3, -0.25) is 9.59 Å². The number of amides is 1. The monoisotopic (exact) mass is 272 g/mol. The van der Waals surface area contributed by atoms with E-state index < -0.39 is 0 Å². The highest BCUT2D eigenvalue weighted by molar-refractivity contribution is 9.09. The average Bonchev–Trinajstić information content (AvgIpc) is 2.18. The smallest absolute Gasteiger partial charge is 0.252 e. The Kier molecular flexibility index (Phi) is 4.55. The first kappa shape index (κ1) is 12.0. The molecule has 2 N–H and O–H groups in total. The van der Waals surface area contributed by atoms with Crippen LogP contribution in [0.5, 0.6) is 0 Å². The van der Waals surface area contributed by atoms with Crippen molar-refractivity contribution in [3.8, 4) is 0 Å². The van der Waals surface area contributed by atoms with E-state index in [-0.39, 0.29) is 11.5 Å². The molecule has 1 aromatic heterocycles. The summed E-state index contributed by atoms with van der Waals surface area (Å²) in [6.45, 7) is 2.64. The van der Waals surface area contributed by atoms with Crippen molar-refractivity contribution in [2.45, 2.75) is 18.2 Å². The Balaban J connectivity index is 2.47. The van der Waals surface area contributed by atoms with Gasteiger partial charge in [-0.1, -0.05) is 22.9 Å². The summed E-state index contributed by atoms with van der Waals surface area (Å²) in [5.74, 6) is -0.167. The third kappa shape index (κ3) is 4.29. The topological polar surface area (TPSA) is 62.0 Å². The molecule has 0 saturated carbocycles. The standard InChI is InChI=1S/C10H13BrN2O2/c1-7(11)4-5-12-10(15)8-2-3-9(14)13-6-8/h2-3,6-7H,4-5H2,1H3,(H,12,15)(H,13,14). The first-order valence-electron chi connectivity index (χ1n) is 4.70. The van der Waals surface area contributed by atoms with E-state index in [9.17, 15) is 9.59 Å². The first-order chi connectivity index (χ1) is 7.09. The normalized spacial score (nSPS) is 12.1. The summed E-state index contributed by atoms with van der Waals surface area (Å²) >= 11 is 3.39. The van der Waals surface area contributed by atoms with Gasteiger partial charge >= 0.3 is 0 Å². The SMILES string of the molecule is CC(Br)CCNC(=O)c1ccc(=O)[nH]c1.